The molecule has 6 nitrogen and oxygen atoms in total. The van der Waals surface area contributed by atoms with Gasteiger partial charge in [0.15, 0.2) is 0 Å². The highest BCUT2D eigenvalue weighted by molar-refractivity contribution is 9.10. The lowest BCUT2D eigenvalue weighted by atomic mass is 10.0. The SMILES string of the molecule is O=C(O)NCC(c1c[nH]c2cc(Br)ccc12)N(O)Cc1ccccc1. The van der Waals surface area contributed by atoms with Gasteiger partial charge < -0.3 is 20.6 Å². The Labute approximate surface area is 153 Å². The van der Waals surface area contributed by atoms with E-state index in [1.165, 1.54) is 0 Å². The Balaban J connectivity index is 1.91. The van der Waals surface area contributed by atoms with Crippen LogP contribution in [0.4, 0.5) is 4.79 Å². The summed E-state index contributed by atoms with van der Waals surface area (Å²) in [6, 6.07) is 14.8. The van der Waals surface area contributed by atoms with Gasteiger partial charge in [-0.2, -0.15) is 5.06 Å². The molecule has 0 radical (unpaired) electrons. The number of hydrogen-bond donors (Lipinski definition) is 4. The zero-order valence-corrected chi connectivity index (χ0v) is 14.9. The number of hydroxylamine groups is 2. The number of rotatable bonds is 6. The Morgan fingerprint density at radius 1 is 1.24 bits per heavy atom. The molecule has 0 fully saturated rings. The average molecular weight is 404 g/mol. The van der Waals surface area contributed by atoms with E-state index in [1.807, 2.05) is 48.5 Å². The molecule has 0 aliphatic heterocycles. The van der Waals surface area contributed by atoms with Crippen LogP contribution in [0.15, 0.2) is 59.2 Å². The Hall–Kier alpha value is -2.35. The normalized spacial score (nSPS) is 12.4. The summed E-state index contributed by atoms with van der Waals surface area (Å²) in [6.07, 6.45) is 0.681. The summed E-state index contributed by atoms with van der Waals surface area (Å²) in [7, 11) is 0. The fourth-order valence-electron chi connectivity index (χ4n) is 2.84. The van der Waals surface area contributed by atoms with Gasteiger partial charge in [-0.15, -0.1) is 0 Å². The Kier molecular flexibility index (Phi) is 5.37. The number of carbonyl (C=O) groups is 1. The molecular formula is C18H18BrN3O3. The smallest absolute Gasteiger partial charge is 0.404 e. The number of fused-ring (bicyclic) bond motifs is 1. The molecule has 4 N–H and O–H groups in total. The van der Waals surface area contributed by atoms with Crippen LogP contribution in [0.2, 0.25) is 0 Å². The number of aromatic nitrogens is 1. The van der Waals surface area contributed by atoms with Crippen molar-refractivity contribution in [3.8, 4) is 0 Å². The van der Waals surface area contributed by atoms with Crippen LogP contribution in [0.5, 0.6) is 0 Å². The minimum Gasteiger partial charge on any atom is -0.465 e. The van der Waals surface area contributed by atoms with E-state index in [2.05, 4.69) is 26.2 Å². The molecule has 0 aliphatic carbocycles. The van der Waals surface area contributed by atoms with Gasteiger partial charge in [0, 0.05) is 34.7 Å². The van der Waals surface area contributed by atoms with Crippen LogP contribution in [0.3, 0.4) is 0 Å². The van der Waals surface area contributed by atoms with Crippen molar-refractivity contribution in [2.24, 2.45) is 0 Å². The van der Waals surface area contributed by atoms with Gasteiger partial charge in [-0.1, -0.05) is 52.3 Å². The van der Waals surface area contributed by atoms with Gasteiger partial charge in [-0.05, 0) is 23.3 Å². The number of benzene rings is 2. The van der Waals surface area contributed by atoms with E-state index in [4.69, 9.17) is 5.11 Å². The van der Waals surface area contributed by atoms with Crippen LogP contribution in [-0.4, -0.2) is 33.0 Å². The van der Waals surface area contributed by atoms with E-state index < -0.39 is 12.1 Å². The van der Waals surface area contributed by atoms with Crippen molar-refractivity contribution in [1.29, 1.82) is 0 Å². The summed E-state index contributed by atoms with van der Waals surface area (Å²) >= 11 is 3.43. The van der Waals surface area contributed by atoms with Crippen LogP contribution in [0.25, 0.3) is 10.9 Å². The number of carboxylic acid groups (broad SMARTS) is 1. The molecule has 0 saturated carbocycles. The first kappa shape index (κ1) is 17.5. The first-order chi connectivity index (χ1) is 12.0. The van der Waals surface area contributed by atoms with Crippen molar-refractivity contribution >= 4 is 32.9 Å². The molecule has 1 heterocycles. The third-order valence-corrected chi connectivity index (χ3v) is 4.52. The van der Waals surface area contributed by atoms with Gasteiger partial charge in [-0.25, -0.2) is 4.79 Å². The van der Waals surface area contributed by atoms with Crippen molar-refractivity contribution in [1.82, 2.24) is 15.4 Å². The van der Waals surface area contributed by atoms with E-state index in [1.54, 1.807) is 6.20 Å². The summed E-state index contributed by atoms with van der Waals surface area (Å²) < 4.78 is 0.943. The van der Waals surface area contributed by atoms with Crippen LogP contribution >= 0.6 is 15.9 Å². The van der Waals surface area contributed by atoms with E-state index in [-0.39, 0.29) is 13.1 Å². The zero-order valence-electron chi connectivity index (χ0n) is 13.3. The molecule has 0 spiro atoms. The molecule has 1 unspecified atom stereocenters. The summed E-state index contributed by atoms with van der Waals surface area (Å²) in [5, 5.41) is 24.1. The molecule has 1 aromatic heterocycles. The topological polar surface area (TPSA) is 88.6 Å². The summed E-state index contributed by atoms with van der Waals surface area (Å²) in [5.41, 5.74) is 2.68. The number of halogens is 1. The van der Waals surface area contributed by atoms with Gasteiger partial charge >= 0.3 is 6.09 Å². The van der Waals surface area contributed by atoms with Crippen LogP contribution in [0, 0.1) is 0 Å². The highest BCUT2D eigenvalue weighted by Crippen LogP contribution is 2.30. The number of nitrogens with one attached hydrogen (secondary N) is 2. The number of amides is 1. The molecule has 3 aromatic rings. The molecule has 1 atom stereocenters. The fourth-order valence-corrected chi connectivity index (χ4v) is 3.20. The van der Waals surface area contributed by atoms with E-state index >= 15 is 0 Å². The Morgan fingerprint density at radius 3 is 2.72 bits per heavy atom. The lowest BCUT2D eigenvalue weighted by Gasteiger charge is -2.26. The quantitative estimate of drug-likeness (QED) is 0.465. The lowest BCUT2D eigenvalue weighted by Crippen LogP contribution is -2.35. The van der Waals surface area contributed by atoms with E-state index in [0.717, 1.165) is 31.6 Å². The number of aromatic amines is 1. The van der Waals surface area contributed by atoms with Crippen molar-refractivity contribution < 1.29 is 15.1 Å². The highest BCUT2D eigenvalue weighted by atomic mass is 79.9. The predicted octanol–water partition coefficient (Wildman–Crippen LogP) is 4.13. The molecule has 3 rings (SSSR count). The van der Waals surface area contributed by atoms with Crippen LogP contribution in [-0.2, 0) is 6.54 Å². The average Bonchev–Trinajstić information content (AvgIpc) is 2.98. The van der Waals surface area contributed by atoms with Gasteiger partial charge in [0.25, 0.3) is 0 Å². The first-order valence-corrected chi connectivity index (χ1v) is 8.56. The molecule has 0 saturated heterocycles. The van der Waals surface area contributed by atoms with Crippen LogP contribution < -0.4 is 5.32 Å². The van der Waals surface area contributed by atoms with Gasteiger partial charge in [0.05, 0.1) is 6.04 Å². The fraction of sp³-hybridized carbons (Fsp3) is 0.167. The monoisotopic (exact) mass is 403 g/mol. The van der Waals surface area contributed by atoms with Crippen molar-refractivity contribution in [2.45, 2.75) is 12.6 Å². The van der Waals surface area contributed by atoms with Crippen molar-refractivity contribution in [3.05, 3.63) is 70.3 Å². The molecule has 7 heteroatoms. The zero-order chi connectivity index (χ0) is 17.8. The second kappa shape index (κ2) is 7.69. The molecule has 1 amide bonds. The molecule has 130 valence electrons. The number of hydrogen-bond acceptors (Lipinski definition) is 3. The molecule has 25 heavy (non-hydrogen) atoms. The molecule has 2 aromatic carbocycles. The minimum absolute atomic E-state index is 0.0711. The maximum absolute atomic E-state index is 10.9. The van der Waals surface area contributed by atoms with Crippen LogP contribution in [0.1, 0.15) is 17.2 Å². The van der Waals surface area contributed by atoms with Gasteiger partial charge in [0.2, 0.25) is 0 Å². The Bertz CT molecular complexity index is 866. The van der Waals surface area contributed by atoms with Crippen molar-refractivity contribution in [3.63, 3.8) is 0 Å². The second-order valence-electron chi connectivity index (χ2n) is 5.72. The molecule has 0 bridgehead atoms. The molecule has 0 aliphatic rings. The first-order valence-electron chi connectivity index (χ1n) is 7.77. The van der Waals surface area contributed by atoms with Gasteiger partial charge in [0.1, 0.15) is 0 Å². The molecular weight excluding hydrogens is 386 g/mol. The summed E-state index contributed by atoms with van der Waals surface area (Å²) in [4.78, 5) is 14.1. The highest BCUT2D eigenvalue weighted by Gasteiger charge is 2.23. The number of H-pyrrole nitrogens is 1. The second-order valence-corrected chi connectivity index (χ2v) is 6.63. The maximum Gasteiger partial charge on any atom is 0.404 e. The standard InChI is InChI=1S/C18H18BrN3O3/c19-13-6-7-14-15(9-20-16(14)8-13)17(10-21-18(23)24)22(25)11-12-4-2-1-3-5-12/h1-9,17,20-21,25H,10-11H2,(H,23,24). The third kappa shape index (κ3) is 4.19. The van der Waals surface area contributed by atoms with E-state index in [9.17, 15) is 10.0 Å². The maximum atomic E-state index is 10.9. The van der Waals surface area contributed by atoms with Gasteiger partial charge in [-0.3, -0.25) is 0 Å². The Morgan fingerprint density at radius 2 is 2.00 bits per heavy atom. The number of nitrogens with zero attached hydrogens (tertiary/aromatic N) is 1. The predicted molar refractivity (Wildman–Crippen MR) is 98.5 cm³/mol. The van der Waals surface area contributed by atoms with E-state index in [0.29, 0.717) is 0 Å². The van der Waals surface area contributed by atoms with Crippen molar-refractivity contribution in [2.75, 3.05) is 6.54 Å². The summed E-state index contributed by atoms with van der Waals surface area (Å²) in [5.74, 6) is 0. The third-order valence-electron chi connectivity index (χ3n) is 4.03. The lowest BCUT2D eigenvalue weighted by molar-refractivity contribution is -0.135. The largest absolute Gasteiger partial charge is 0.465 e. The minimum atomic E-state index is -1.12. The summed E-state index contributed by atoms with van der Waals surface area (Å²) in [6.45, 7) is 0.359.